The Labute approximate surface area is 85.6 Å². The Morgan fingerprint density at radius 2 is 2.07 bits per heavy atom. The third-order valence-corrected chi connectivity index (χ3v) is 4.10. The molecule has 0 spiro atoms. The van der Waals surface area contributed by atoms with E-state index in [-0.39, 0.29) is 5.41 Å². The van der Waals surface area contributed by atoms with Crippen LogP contribution >= 0.6 is 0 Å². The van der Waals surface area contributed by atoms with Gasteiger partial charge in [-0.3, -0.25) is 4.79 Å². The third kappa shape index (κ3) is 1.34. The number of amides is 1. The second-order valence-corrected chi connectivity index (χ2v) is 4.84. The van der Waals surface area contributed by atoms with E-state index < -0.39 is 0 Å². The van der Waals surface area contributed by atoms with Crippen molar-refractivity contribution >= 4 is 5.91 Å². The van der Waals surface area contributed by atoms with Crippen molar-refractivity contribution in [3.05, 3.63) is 0 Å². The molecule has 2 N–H and O–H groups in total. The molecule has 0 radical (unpaired) electrons. The van der Waals surface area contributed by atoms with E-state index in [0.29, 0.717) is 18.5 Å². The van der Waals surface area contributed by atoms with Crippen LogP contribution in [-0.2, 0) is 4.79 Å². The number of nitrogens with zero attached hydrogens (tertiary/aromatic N) is 1. The minimum Gasteiger partial charge on any atom is -0.342 e. The van der Waals surface area contributed by atoms with Crippen molar-refractivity contribution in [3.8, 4) is 0 Å². The molecule has 14 heavy (non-hydrogen) atoms. The summed E-state index contributed by atoms with van der Waals surface area (Å²) in [4.78, 5) is 14.1. The predicted molar refractivity (Wildman–Crippen MR) is 55.7 cm³/mol. The van der Waals surface area contributed by atoms with E-state index in [4.69, 9.17) is 5.73 Å². The Morgan fingerprint density at radius 3 is 2.36 bits per heavy atom. The van der Waals surface area contributed by atoms with Gasteiger partial charge < -0.3 is 10.6 Å². The lowest BCUT2D eigenvalue weighted by molar-refractivity contribution is -0.149. The van der Waals surface area contributed by atoms with E-state index in [0.717, 1.165) is 12.8 Å². The Bertz CT molecular complexity index is 226. The van der Waals surface area contributed by atoms with Gasteiger partial charge in [-0.15, -0.1) is 0 Å². The molecule has 0 heterocycles. The van der Waals surface area contributed by atoms with Crippen LogP contribution in [0.3, 0.4) is 0 Å². The van der Waals surface area contributed by atoms with E-state index in [1.54, 1.807) is 0 Å². The zero-order valence-corrected chi connectivity index (χ0v) is 8.96. The van der Waals surface area contributed by atoms with Crippen LogP contribution in [0.2, 0.25) is 0 Å². The molecule has 0 unspecified atom stereocenters. The van der Waals surface area contributed by atoms with Gasteiger partial charge in [0, 0.05) is 19.6 Å². The van der Waals surface area contributed by atoms with Crippen LogP contribution in [0.25, 0.3) is 0 Å². The number of carbonyl (C=O) groups is 1. The van der Waals surface area contributed by atoms with Crippen LogP contribution in [0.5, 0.6) is 0 Å². The van der Waals surface area contributed by atoms with Crippen LogP contribution in [0.15, 0.2) is 0 Å². The summed E-state index contributed by atoms with van der Waals surface area (Å²) < 4.78 is 0. The third-order valence-electron chi connectivity index (χ3n) is 4.10. The molecule has 3 heteroatoms. The molecule has 0 aromatic heterocycles. The first-order chi connectivity index (χ1) is 6.69. The van der Waals surface area contributed by atoms with Crippen molar-refractivity contribution in [2.75, 3.05) is 13.6 Å². The first-order valence-electron chi connectivity index (χ1n) is 5.67. The van der Waals surface area contributed by atoms with Gasteiger partial charge in [0.1, 0.15) is 0 Å². The molecule has 2 fully saturated rings. The summed E-state index contributed by atoms with van der Waals surface area (Å²) in [5, 5.41) is 0. The van der Waals surface area contributed by atoms with E-state index in [1.807, 2.05) is 11.9 Å². The first kappa shape index (κ1) is 9.97. The quantitative estimate of drug-likeness (QED) is 0.735. The molecule has 80 valence electrons. The highest BCUT2D eigenvalue weighted by Gasteiger charge is 2.45. The lowest BCUT2D eigenvalue weighted by atomic mass is 9.67. The molecule has 1 amide bonds. The summed E-state index contributed by atoms with van der Waals surface area (Å²) in [6, 6.07) is 0.506. The van der Waals surface area contributed by atoms with Gasteiger partial charge in [0.05, 0.1) is 5.41 Å². The number of hydrogen-bond acceptors (Lipinski definition) is 2. The highest BCUT2D eigenvalue weighted by Crippen LogP contribution is 2.42. The zero-order chi connectivity index (χ0) is 10.2. The molecule has 2 aliphatic carbocycles. The Hall–Kier alpha value is -0.570. The summed E-state index contributed by atoms with van der Waals surface area (Å²) >= 11 is 0. The van der Waals surface area contributed by atoms with Crippen LogP contribution in [-0.4, -0.2) is 30.4 Å². The largest absolute Gasteiger partial charge is 0.342 e. The fraction of sp³-hybridized carbons (Fsp3) is 0.909. The SMILES string of the molecule is CN(C(=O)C1(CN)CCC1)C1CCC1. The Morgan fingerprint density at radius 1 is 1.43 bits per heavy atom. The topological polar surface area (TPSA) is 46.3 Å². The molecule has 0 aliphatic heterocycles. The number of nitrogens with two attached hydrogens (primary N) is 1. The van der Waals surface area contributed by atoms with E-state index in [2.05, 4.69) is 0 Å². The van der Waals surface area contributed by atoms with Crippen molar-refractivity contribution in [1.82, 2.24) is 4.90 Å². The summed E-state index contributed by atoms with van der Waals surface area (Å²) in [5.74, 6) is 0.302. The molecule has 2 rings (SSSR count). The zero-order valence-electron chi connectivity index (χ0n) is 8.96. The van der Waals surface area contributed by atoms with Crippen molar-refractivity contribution in [3.63, 3.8) is 0 Å². The summed E-state index contributed by atoms with van der Waals surface area (Å²) in [5.41, 5.74) is 5.54. The monoisotopic (exact) mass is 196 g/mol. The number of hydrogen-bond donors (Lipinski definition) is 1. The van der Waals surface area contributed by atoms with Gasteiger partial charge in [-0.1, -0.05) is 6.42 Å². The molecule has 2 saturated carbocycles. The molecule has 0 aromatic carbocycles. The maximum Gasteiger partial charge on any atom is 0.230 e. The van der Waals surface area contributed by atoms with Crippen LogP contribution in [0.1, 0.15) is 38.5 Å². The van der Waals surface area contributed by atoms with E-state index in [9.17, 15) is 4.79 Å². The molecule has 0 aromatic rings. The highest BCUT2D eigenvalue weighted by molar-refractivity contribution is 5.84. The van der Waals surface area contributed by atoms with Crippen molar-refractivity contribution in [2.24, 2.45) is 11.1 Å². The second-order valence-electron chi connectivity index (χ2n) is 4.84. The van der Waals surface area contributed by atoms with Crippen molar-refractivity contribution in [2.45, 2.75) is 44.6 Å². The minimum absolute atomic E-state index is 0.176. The maximum absolute atomic E-state index is 12.2. The minimum atomic E-state index is -0.176. The summed E-state index contributed by atoms with van der Waals surface area (Å²) in [6.45, 7) is 0.531. The fourth-order valence-corrected chi connectivity index (χ4v) is 2.42. The van der Waals surface area contributed by atoms with Gasteiger partial charge in [-0.25, -0.2) is 0 Å². The van der Waals surface area contributed by atoms with Gasteiger partial charge in [-0.05, 0) is 32.1 Å². The van der Waals surface area contributed by atoms with E-state index >= 15 is 0 Å². The molecule has 0 saturated heterocycles. The standard InChI is InChI=1S/C11H20N2O/c1-13(9-4-2-5-9)10(14)11(8-12)6-3-7-11/h9H,2-8,12H2,1H3. The van der Waals surface area contributed by atoms with Crippen LogP contribution < -0.4 is 5.73 Å². The number of rotatable bonds is 3. The molecule has 2 aliphatic rings. The summed E-state index contributed by atoms with van der Waals surface area (Å²) in [7, 11) is 1.95. The Kier molecular flexibility index (Phi) is 2.52. The van der Waals surface area contributed by atoms with Gasteiger partial charge in [-0.2, -0.15) is 0 Å². The first-order valence-corrected chi connectivity index (χ1v) is 5.67. The van der Waals surface area contributed by atoms with Gasteiger partial charge in [0.15, 0.2) is 0 Å². The molecular weight excluding hydrogens is 176 g/mol. The van der Waals surface area contributed by atoms with Crippen LogP contribution in [0, 0.1) is 5.41 Å². The smallest absolute Gasteiger partial charge is 0.230 e. The highest BCUT2D eigenvalue weighted by atomic mass is 16.2. The maximum atomic E-state index is 12.2. The van der Waals surface area contributed by atoms with Gasteiger partial charge in [0.25, 0.3) is 0 Å². The molecule has 3 nitrogen and oxygen atoms in total. The van der Waals surface area contributed by atoms with Crippen molar-refractivity contribution < 1.29 is 4.79 Å². The van der Waals surface area contributed by atoms with Crippen LogP contribution in [0.4, 0.5) is 0 Å². The lowest BCUT2D eigenvalue weighted by Gasteiger charge is -2.45. The normalized spacial score (nSPS) is 25.0. The van der Waals surface area contributed by atoms with E-state index in [1.165, 1.54) is 25.7 Å². The molecule has 0 bridgehead atoms. The molecule has 0 atom stereocenters. The lowest BCUT2D eigenvalue weighted by Crippen LogP contribution is -2.54. The van der Waals surface area contributed by atoms with Gasteiger partial charge in [0.2, 0.25) is 5.91 Å². The predicted octanol–water partition coefficient (Wildman–Crippen LogP) is 1.13. The number of carbonyl (C=O) groups excluding carboxylic acids is 1. The second kappa shape index (κ2) is 3.54. The Balaban J connectivity index is 1.98. The van der Waals surface area contributed by atoms with Crippen molar-refractivity contribution in [1.29, 1.82) is 0 Å². The molecular formula is C11H20N2O. The van der Waals surface area contributed by atoms with Gasteiger partial charge >= 0.3 is 0 Å². The summed E-state index contributed by atoms with van der Waals surface area (Å²) in [6.07, 6.45) is 6.81. The average Bonchev–Trinajstić information content (AvgIpc) is 1.99. The average molecular weight is 196 g/mol. The fourth-order valence-electron chi connectivity index (χ4n) is 2.42.